The van der Waals surface area contributed by atoms with Gasteiger partial charge in [-0.2, -0.15) is 0 Å². The summed E-state index contributed by atoms with van der Waals surface area (Å²) in [4.78, 5) is 15.7. The van der Waals surface area contributed by atoms with Gasteiger partial charge in [0.25, 0.3) is 0 Å². The zero-order chi connectivity index (χ0) is 15.3. The van der Waals surface area contributed by atoms with Crippen molar-refractivity contribution in [1.29, 1.82) is 0 Å². The van der Waals surface area contributed by atoms with Gasteiger partial charge in [-0.1, -0.05) is 39.0 Å². The molecule has 1 aliphatic carbocycles. The Labute approximate surface area is 152 Å². The predicted octanol–water partition coefficient (Wildman–Crippen LogP) is 2.93. The third-order valence-corrected chi connectivity index (χ3v) is 3.62. The fourth-order valence-electron chi connectivity index (χ4n) is 2.14. The molecule has 0 atom stereocenters. The van der Waals surface area contributed by atoms with Crippen LogP contribution in [0.4, 0.5) is 0 Å². The summed E-state index contributed by atoms with van der Waals surface area (Å²) in [5.74, 6) is 0.650. The highest BCUT2D eigenvalue weighted by atomic mass is 127. The zero-order valence-electron chi connectivity index (χ0n) is 13.9. The van der Waals surface area contributed by atoms with Gasteiger partial charge < -0.3 is 16.4 Å². The van der Waals surface area contributed by atoms with E-state index < -0.39 is 0 Å². The fourth-order valence-corrected chi connectivity index (χ4v) is 2.14. The topological polar surface area (TPSA) is 79.5 Å². The minimum absolute atomic E-state index is 0. The van der Waals surface area contributed by atoms with E-state index in [0.29, 0.717) is 25.0 Å². The van der Waals surface area contributed by atoms with Crippen molar-refractivity contribution in [1.82, 2.24) is 10.6 Å². The van der Waals surface area contributed by atoms with E-state index in [-0.39, 0.29) is 29.9 Å². The van der Waals surface area contributed by atoms with E-state index in [1.54, 1.807) is 0 Å². The molecule has 0 radical (unpaired) electrons. The fraction of sp³-hybridized carbons (Fsp3) is 0.875. The number of nitrogens with two attached hydrogens (primary N) is 1. The van der Waals surface area contributed by atoms with E-state index in [4.69, 9.17) is 5.73 Å². The van der Waals surface area contributed by atoms with Crippen molar-refractivity contribution in [2.24, 2.45) is 10.7 Å². The molecular formula is C16H33IN4O. The molecular weight excluding hydrogens is 391 g/mol. The smallest absolute Gasteiger partial charge is 0.220 e. The van der Waals surface area contributed by atoms with Gasteiger partial charge in [0.2, 0.25) is 5.91 Å². The van der Waals surface area contributed by atoms with E-state index in [1.807, 2.05) is 0 Å². The van der Waals surface area contributed by atoms with E-state index in [0.717, 1.165) is 32.2 Å². The highest BCUT2D eigenvalue weighted by Crippen LogP contribution is 2.18. The number of rotatable bonds is 12. The number of halogens is 1. The second kappa shape index (κ2) is 14.1. The van der Waals surface area contributed by atoms with Crippen LogP contribution in [-0.2, 0) is 4.79 Å². The summed E-state index contributed by atoms with van der Waals surface area (Å²) in [6.45, 7) is 3.74. The summed E-state index contributed by atoms with van der Waals surface area (Å²) in [5, 5.41) is 6.10. The summed E-state index contributed by atoms with van der Waals surface area (Å²) >= 11 is 0. The highest BCUT2D eigenvalue weighted by Gasteiger charge is 2.22. The minimum Gasteiger partial charge on any atom is -0.370 e. The van der Waals surface area contributed by atoms with Crippen LogP contribution in [0.25, 0.3) is 0 Å². The molecule has 1 aliphatic rings. The van der Waals surface area contributed by atoms with Crippen LogP contribution in [0.2, 0.25) is 0 Å². The quantitative estimate of drug-likeness (QED) is 0.195. The molecule has 5 nitrogen and oxygen atoms in total. The van der Waals surface area contributed by atoms with Gasteiger partial charge in [-0.15, -0.1) is 24.0 Å². The van der Waals surface area contributed by atoms with Crippen molar-refractivity contribution in [2.75, 3.05) is 13.1 Å². The largest absolute Gasteiger partial charge is 0.370 e. The second-order valence-corrected chi connectivity index (χ2v) is 5.91. The molecule has 0 bridgehead atoms. The maximum absolute atomic E-state index is 11.5. The molecule has 0 unspecified atom stereocenters. The Morgan fingerprint density at radius 1 is 1.14 bits per heavy atom. The number of nitrogens with zero attached hydrogens (tertiary/aromatic N) is 1. The van der Waals surface area contributed by atoms with Crippen LogP contribution in [0, 0.1) is 0 Å². The molecule has 1 rings (SSSR count). The lowest BCUT2D eigenvalue weighted by Gasteiger charge is -2.06. The van der Waals surface area contributed by atoms with Gasteiger partial charge in [-0.25, -0.2) is 0 Å². The molecule has 0 spiro atoms. The van der Waals surface area contributed by atoms with Crippen LogP contribution in [0.3, 0.4) is 0 Å². The maximum Gasteiger partial charge on any atom is 0.220 e. The molecule has 1 amide bonds. The van der Waals surface area contributed by atoms with Gasteiger partial charge in [-0.3, -0.25) is 9.79 Å². The summed E-state index contributed by atoms with van der Waals surface area (Å²) in [7, 11) is 0. The molecule has 0 aliphatic heterocycles. The average Bonchev–Trinajstić information content (AvgIpc) is 3.26. The van der Waals surface area contributed by atoms with Crippen LogP contribution >= 0.6 is 24.0 Å². The Balaban J connectivity index is 0.00000441. The number of hydrogen-bond donors (Lipinski definition) is 3. The van der Waals surface area contributed by atoms with Crippen LogP contribution < -0.4 is 16.4 Å². The zero-order valence-corrected chi connectivity index (χ0v) is 16.2. The standard InChI is InChI=1S/C16H32N4O.HI/c1-2-3-4-5-6-7-12-18-16(17)19-13-8-9-15(21)20-14-10-11-14;/h14H,2-13H2,1H3,(H,20,21)(H3,17,18,19);1H. The van der Waals surface area contributed by atoms with E-state index >= 15 is 0 Å². The molecule has 130 valence electrons. The van der Waals surface area contributed by atoms with Gasteiger partial charge in [0.05, 0.1) is 0 Å². The van der Waals surface area contributed by atoms with Gasteiger partial charge in [-0.05, 0) is 25.7 Å². The molecule has 1 fully saturated rings. The van der Waals surface area contributed by atoms with Crippen molar-refractivity contribution >= 4 is 35.8 Å². The summed E-state index contributed by atoms with van der Waals surface area (Å²) in [5.41, 5.74) is 5.78. The Kier molecular flexibility index (Phi) is 13.7. The van der Waals surface area contributed by atoms with Gasteiger partial charge in [0.15, 0.2) is 5.96 Å². The number of unbranched alkanes of at least 4 members (excludes halogenated alkanes) is 5. The predicted molar refractivity (Wildman–Crippen MR) is 104 cm³/mol. The first kappa shape index (κ1) is 21.5. The molecule has 0 aromatic carbocycles. The van der Waals surface area contributed by atoms with E-state index in [1.165, 1.54) is 32.1 Å². The molecule has 0 saturated heterocycles. The number of hydrogen-bond acceptors (Lipinski definition) is 2. The Hall–Kier alpha value is -0.530. The Morgan fingerprint density at radius 2 is 1.82 bits per heavy atom. The van der Waals surface area contributed by atoms with Crippen LogP contribution in [-0.4, -0.2) is 31.0 Å². The van der Waals surface area contributed by atoms with Crippen LogP contribution in [0.15, 0.2) is 4.99 Å². The maximum atomic E-state index is 11.5. The molecule has 0 heterocycles. The first-order chi connectivity index (χ1) is 10.2. The van der Waals surface area contributed by atoms with E-state index in [9.17, 15) is 4.79 Å². The van der Waals surface area contributed by atoms with Crippen LogP contribution in [0.5, 0.6) is 0 Å². The molecule has 22 heavy (non-hydrogen) atoms. The normalized spacial score (nSPS) is 14.3. The lowest BCUT2D eigenvalue weighted by molar-refractivity contribution is -0.121. The van der Waals surface area contributed by atoms with Gasteiger partial charge in [0.1, 0.15) is 0 Å². The number of carbonyl (C=O) groups is 1. The average molecular weight is 424 g/mol. The van der Waals surface area contributed by atoms with Crippen molar-refractivity contribution < 1.29 is 4.79 Å². The molecule has 1 saturated carbocycles. The first-order valence-corrected chi connectivity index (χ1v) is 8.55. The lowest BCUT2D eigenvalue weighted by Crippen LogP contribution is -2.32. The molecule has 0 aromatic rings. The van der Waals surface area contributed by atoms with Gasteiger partial charge in [0, 0.05) is 25.6 Å². The van der Waals surface area contributed by atoms with Crippen LogP contribution in [0.1, 0.15) is 71.1 Å². The Bertz CT molecular complexity index is 319. The van der Waals surface area contributed by atoms with Crippen molar-refractivity contribution in [3.8, 4) is 0 Å². The monoisotopic (exact) mass is 424 g/mol. The van der Waals surface area contributed by atoms with Crippen molar-refractivity contribution in [2.45, 2.75) is 77.2 Å². The third kappa shape index (κ3) is 13.2. The van der Waals surface area contributed by atoms with E-state index in [2.05, 4.69) is 22.5 Å². The number of amides is 1. The third-order valence-electron chi connectivity index (χ3n) is 3.62. The Morgan fingerprint density at radius 3 is 2.50 bits per heavy atom. The van der Waals surface area contributed by atoms with Crippen molar-refractivity contribution in [3.05, 3.63) is 0 Å². The molecule has 6 heteroatoms. The number of aliphatic imine (C=N–C) groups is 1. The molecule has 0 aromatic heterocycles. The van der Waals surface area contributed by atoms with Crippen molar-refractivity contribution in [3.63, 3.8) is 0 Å². The number of carbonyl (C=O) groups excluding carboxylic acids is 1. The number of nitrogens with one attached hydrogen (secondary N) is 2. The summed E-state index contributed by atoms with van der Waals surface area (Å²) in [6.07, 6.45) is 11.2. The number of guanidine groups is 1. The minimum atomic E-state index is 0. The summed E-state index contributed by atoms with van der Waals surface area (Å²) < 4.78 is 0. The first-order valence-electron chi connectivity index (χ1n) is 8.55. The lowest BCUT2D eigenvalue weighted by atomic mass is 10.1. The highest BCUT2D eigenvalue weighted by molar-refractivity contribution is 14.0. The summed E-state index contributed by atoms with van der Waals surface area (Å²) in [6, 6.07) is 0.449. The molecule has 4 N–H and O–H groups in total. The second-order valence-electron chi connectivity index (χ2n) is 5.91. The SMILES string of the molecule is CCCCCCCCNC(N)=NCCCC(=O)NC1CC1.I. The van der Waals surface area contributed by atoms with Gasteiger partial charge >= 0.3 is 0 Å².